The number of amides is 1. The van der Waals surface area contributed by atoms with Gasteiger partial charge >= 0.3 is 0 Å². The summed E-state index contributed by atoms with van der Waals surface area (Å²) in [6.45, 7) is -0.488. The first-order chi connectivity index (χ1) is 14.3. The number of halogens is 4. The molecule has 1 saturated heterocycles. The normalized spacial score (nSPS) is 24.4. The Morgan fingerprint density at radius 2 is 2.06 bits per heavy atom. The molecular formula is C19H15ClF3N5O2S. The van der Waals surface area contributed by atoms with Gasteiger partial charge in [0.2, 0.25) is 0 Å². The molecular weight excluding hydrogens is 455 g/mol. The van der Waals surface area contributed by atoms with Gasteiger partial charge < -0.3 is 15.8 Å². The first-order valence-electron chi connectivity index (χ1n) is 8.70. The summed E-state index contributed by atoms with van der Waals surface area (Å²) in [5, 5.41) is 11.3. The number of hydrogen-bond donors (Lipinski definition) is 2. The van der Waals surface area contributed by atoms with Crippen molar-refractivity contribution in [1.29, 1.82) is 5.26 Å². The largest absolute Gasteiger partial charge is 0.379 e. The fourth-order valence-corrected chi connectivity index (χ4v) is 4.39. The topological polar surface area (TPSA) is 113 Å². The van der Waals surface area contributed by atoms with Gasteiger partial charge in [-0.25, -0.2) is 23.1 Å². The van der Waals surface area contributed by atoms with Gasteiger partial charge in [0.1, 0.15) is 11.9 Å². The molecule has 0 radical (unpaired) electrons. The number of carbonyl (C=O) groups excluding carboxylic acids is 1. The Kier molecular flexibility index (Phi) is 6.18. The maximum atomic E-state index is 15.6. The van der Waals surface area contributed by atoms with Gasteiger partial charge in [0.15, 0.2) is 27.9 Å². The van der Waals surface area contributed by atoms with Crippen LogP contribution in [0.4, 0.5) is 18.9 Å². The maximum absolute atomic E-state index is 15.6. The summed E-state index contributed by atoms with van der Waals surface area (Å²) in [6.07, 6.45) is 1.05. The van der Waals surface area contributed by atoms with Crippen molar-refractivity contribution in [1.82, 2.24) is 4.98 Å². The minimum absolute atomic E-state index is 0. The summed E-state index contributed by atoms with van der Waals surface area (Å²) in [6, 6.07) is 6.11. The van der Waals surface area contributed by atoms with Crippen molar-refractivity contribution >= 4 is 40.9 Å². The van der Waals surface area contributed by atoms with Crippen molar-refractivity contribution < 1.29 is 22.7 Å². The van der Waals surface area contributed by atoms with E-state index < -0.39 is 34.4 Å². The lowest BCUT2D eigenvalue weighted by Crippen LogP contribution is -2.52. The number of hydrogen-bond acceptors (Lipinski definition) is 7. The second-order valence-electron chi connectivity index (χ2n) is 6.87. The number of anilines is 1. The molecule has 12 heteroatoms. The fourth-order valence-electron chi connectivity index (χ4n) is 3.47. The van der Waals surface area contributed by atoms with Gasteiger partial charge in [-0.05, 0) is 24.3 Å². The Bertz CT molecular complexity index is 1130. The van der Waals surface area contributed by atoms with Gasteiger partial charge in [0, 0.05) is 23.2 Å². The third-order valence-electron chi connectivity index (χ3n) is 4.99. The van der Waals surface area contributed by atoms with Crippen molar-refractivity contribution in [3.05, 3.63) is 58.9 Å². The second kappa shape index (κ2) is 8.37. The molecule has 1 fully saturated rings. The zero-order chi connectivity index (χ0) is 21.5. The molecule has 4 rings (SSSR count). The third-order valence-corrected chi connectivity index (χ3v) is 5.98. The summed E-state index contributed by atoms with van der Waals surface area (Å²) in [4.78, 5) is 20.2. The second-order valence-corrected chi connectivity index (χ2v) is 7.87. The number of thioether (sulfide) groups is 1. The summed E-state index contributed by atoms with van der Waals surface area (Å²) >= 11 is 1.02. The van der Waals surface area contributed by atoms with E-state index in [-0.39, 0.29) is 53.4 Å². The number of alkyl halides is 1. The highest BCUT2D eigenvalue weighted by molar-refractivity contribution is 8.13. The lowest BCUT2D eigenvalue weighted by molar-refractivity contribution is 0.101. The number of carbonyl (C=O) groups is 1. The number of aliphatic imine (C=N–C) groups is 1. The van der Waals surface area contributed by atoms with Gasteiger partial charge in [0.05, 0.1) is 18.8 Å². The highest BCUT2D eigenvalue weighted by atomic mass is 35.5. The smallest absolute Gasteiger partial charge is 0.277 e. The van der Waals surface area contributed by atoms with Gasteiger partial charge in [0.25, 0.3) is 5.91 Å². The predicted molar refractivity (Wildman–Crippen MR) is 111 cm³/mol. The first kappa shape index (κ1) is 22.9. The quantitative estimate of drug-likeness (QED) is 0.714. The number of fused-ring (bicyclic) bond motifs is 1. The van der Waals surface area contributed by atoms with Gasteiger partial charge in [-0.15, -0.1) is 12.4 Å². The molecule has 31 heavy (non-hydrogen) atoms. The van der Waals surface area contributed by atoms with E-state index in [1.54, 1.807) is 6.07 Å². The predicted octanol–water partition coefficient (Wildman–Crippen LogP) is 2.90. The summed E-state index contributed by atoms with van der Waals surface area (Å²) in [7, 11) is 0. The average molecular weight is 470 g/mol. The average Bonchev–Trinajstić information content (AvgIpc) is 3.06. The summed E-state index contributed by atoms with van der Waals surface area (Å²) in [5.41, 5.74) is 1.48. The van der Waals surface area contributed by atoms with E-state index in [1.165, 1.54) is 12.1 Å². The molecule has 3 N–H and O–H groups in total. The minimum atomic E-state index is -1.98. The van der Waals surface area contributed by atoms with E-state index in [4.69, 9.17) is 15.7 Å². The molecule has 2 aliphatic heterocycles. The van der Waals surface area contributed by atoms with Gasteiger partial charge in [-0.3, -0.25) is 4.79 Å². The van der Waals surface area contributed by atoms with Crippen LogP contribution in [-0.2, 0) is 10.3 Å². The summed E-state index contributed by atoms with van der Waals surface area (Å²) in [5.74, 6) is -2.70. The molecule has 7 nitrogen and oxygen atoms in total. The molecule has 1 aromatic heterocycles. The third kappa shape index (κ3) is 3.82. The van der Waals surface area contributed by atoms with E-state index in [0.29, 0.717) is 0 Å². The lowest BCUT2D eigenvalue weighted by atomic mass is 9.79. The minimum Gasteiger partial charge on any atom is -0.379 e. The van der Waals surface area contributed by atoms with Crippen LogP contribution >= 0.6 is 24.2 Å². The van der Waals surface area contributed by atoms with Crippen LogP contribution in [0.25, 0.3) is 0 Å². The Morgan fingerprint density at radius 1 is 1.29 bits per heavy atom. The number of nitrogens with one attached hydrogen (secondary N) is 1. The van der Waals surface area contributed by atoms with Crippen LogP contribution in [0.1, 0.15) is 21.6 Å². The zero-order valence-electron chi connectivity index (χ0n) is 15.7. The molecule has 0 spiro atoms. The molecule has 0 aliphatic carbocycles. The van der Waals surface area contributed by atoms with Crippen LogP contribution in [0.15, 0.2) is 35.5 Å². The van der Waals surface area contributed by atoms with Crippen LogP contribution in [0.3, 0.4) is 0 Å². The van der Waals surface area contributed by atoms with E-state index in [2.05, 4.69) is 15.3 Å². The van der Waals surface area contributed by atoms with Crippen LogP contribution in [0.2, 0.25) is 0 Å². The Morgan fingerprint density at radius 3 is 2.77 bits per heavy atom. The fraction of sp³-hybridized carbons (Fsp3) is 0.263. The van der Waals surface area contributed by atoms with Crippen LogP contribution in [-0.4, -0.2) is 40.7 Å². The van der Waals surface area contributed by atoms with Crippen molar-refractivity contribution in [2.24, 2.45) is 10.7 Å². The molecule has 162 valence electrons. The molecule has 0 bridgehead atoms. The van der Waals surface area contributed by atoms with Crippen LogP contribution in [0, 0.1) is 23.0 Å². The number of ether oxygens (including phenoxy) is 1. The van der Waals surface area contributed by atoms with Crippen molar-refractivity contribution in [2.75, 3.05) is 24.3 Å². The number of benzene rings is 1. The number of nitrogens with two attached hydrogens (primary N) is 1. The molecule has 1 amide bonds. The molecule has 2 aromatic rings. The number of rotatable bonds is 3. The number of pyridine rings is 1. The molecule has 3 heterocycles. The van der Waals surface area contributed by atoms with E-state index >= 15 is 4.39 Å². The van der Waals surface area contributed by atoms with E-state index in [9.17, 15) is 13.6 Å². The number of aromatic nitrogens is 1. The highest BCUT2D eigenvalue weighted by Gasteiger charge is 2.61. The molecule has 2 atom stereocenters. The first-order valence-corrected chi connectivity index (χ1v) is 9.68. The monoisotopic (exact) mass is 469 g/mol. The van der Waals surface area contributed by atoms with Gasteiger partial charge in [-0.2, -0.15) is 5.26 Å². The number of nitrogens with zero attached hydrogens (tertiary/aromatic N) is 3. The standard InChI is InChI=1S/C19H14F3N5O2S.ClH/c20-13-2-1-11(26-16(28)15-14(21)3-10(5-23)6-25-15)4-12(13)19-8-29-7-18(19,22)9-30-17(24)27-19;/h1-4,6H,7-9H2,(H2,24,27)(H,26,28);1H. The van der Waals surface area contributed by atoms with Gasteiger partial charge in [-0.1, -0.05) is 11.8 Å². The Balaban J connectivity index is 0.00000272. The summed E-state index contributed by atoms with van der Waals surface area (Å²) < 4.78 is 49.7. The van der Waals surface area contributed by atoms with Crippen molar-refractivity contribution in [3.63, 3.8) is 0 Å². The van der Waals surface area contributed by atoms with Crippen molar-refractivity contribution in [2.45, 2.75) is 11.2 Å². The molecule has 2 unspecified atom stereocenters. The molecule has 0 saturated carbocycles. The lowest BCUT2D eigenvalue weighted by Gasteiger charge is -2.38. The van der Waals surface area contributed by atoms with Crippen LogP contribution < -0.4 is 11.1 Å². The maximum Gasteiger partial charge on any atom is 0.277 e. The Labute approximate surface area is 185 Å². The van der Waals surface area contributed by atoms with Crippen LogP contribution in [0.5, 0.6) is 0 Å². The SMILES string of the molecule is Cl.N#Cc1cnc(C(=O)Nc2ccc(F)c(C34COCC3(F)CSC(N)=N4)c2)c(F)c1. The molecule has 1 aromatic carbocycles. The van der Waals surface area contributed by atoms with E-state index in [1.807, 2.05) is 0 Å². The van der Waals surface area contributed by atoms with E-state index in [0.717, 1.165) is 30.1 Å². The molecule has 2 aliphatic rings. The number of nitriles is 1. The Hall–Kier alpha value is -2.81. The highest BCUT2D eigenvalue weighted by Crippen LogP contribution is 2.50. The number of amidine groups is 1. The van der Waals surface area contributed by atoms with Crippen molar-refractivity contribution in [3.8, 4) is 6.07 Å². The zero-order valence-corrected chi connectivity index (χ0v) is 17.3.